The van der Waals surface area contributed by atoms with Crippen molar-refractivity contribution >= 4 is 11.0 Å². The van der Waals surface area contributed by atoms with Gasteiger partial charge in [-0.05, 0) is 18.6 Å². The van der Waals surface area contributed by atoms with E-state index in [1.54, 1.807) is 0 Å². The molecule has 1 aromatic heterocycles. The fourth-order valence-electron chi connectivity index (χ4n) is 3.70. The summed E-state index contributed by atoms with van der Waals surface area (Å²) in [5.41, 5.74) is 5.20. The van der Waals surface area contributed by atoms with E-state index in [1.807, 2.05) is 0 Å². The Balaban J connectivity index is 1.92. The van der Waals surface area contributed by atoms with Crippen LogP contribution >= 0.6 is 0 Å². The average Bonchev–Trinajstić information content (AvgIpc) is 3.07. The third-order valence-electron chi connectivity index (χ3n) is 4.99. The number of fused-ring (bicyclic) bond motifs is 1. The minimum Gasteiger partial charge on any atom is -0.230 e. The van der Waals surface area contributed by atoms with Crippen LogP contribution in [0.5, 0.6) is 0 Å². The quantitative estimate of drug-likeness (QED) is 0.417. The van der Waals surface area contributed by atoms with Crippen LogP contribution in [0.2, 0.25) is 0 Å². The van der Waals surface area contributed by atoms with Crippen molar-refractivity contribution in [3.05, 3.63) is 102 Å². The molecule has 0 unspecified atom stereocenters. The zero-order valence-corrected chi connectivity index (χ0v) is 15.3. The molecule has 0 fully saturated rings. The van der Waals surface area contributed by atoms with Crippen molar-refractivity contribution < 1.29 is 4.57 Å². The third-order valence-corrected chi connectivity index (χ3v) is 4.99. The third kappa shape index (κ3) is 3.15. The van der Waals surface area contributed by atoms with E-state index in [2.05, 4.69) is 107 Å². The molecule has 2 heteroatoms. The smallest absolute Gasteiger partial charge is 0.230 e. The first kappa shape index (κ1) is 16.6. The Morgan fingerprint density at radius 1 is 0.769 bits per heavy atom. The molecule has 1 heterocycles. The number of para-hydroxylation sites is 2. The van der Waals surface area contributed by atoms with Crippen molar-refractivity contribution in [1.29, 1.82) is 0 Å². The van der Waals surface area contributed by atoms with Gasteiger partial charge in [0.2, 0.25) is 6.33 Å². The summed E-state index contributed by atoms with van der Waals surface area (Å²) in [7, 11) is 0. The van der Waals surface area contributed by atoms with Crippen LogP contribution in [0.15, 0.2) is 91.3 Å². The summed E-state index contributed by atoms with van der Waals surface area (Å²) in [6, 6.07) is 30.5. The van der Waals surface area contributed by atoms with Crippen LogP contribution in [0.4, 0.5) is 0 Å². The molecule has 0 aliphatic carbocycles. The van der Waals surface area contributed by atoms with Gasteiger partial charge in [0.25, 0.3) is 0 Å². The summed E-state index contributed by atoms with van der Waals surface area (Å²) in [6.07, 6.45) is 4.69. The highest BCUT2D eigenvalue weighted by Gasteiger charge is 2.25. The topological polar surface area (TPSA) is 8.81 Å². The average molecular weight is 341 g/mol. The molecule has 130 valence electrons. The van der Waals surface area contributed by atoms with Gasteiger partial charge < -0.3 is 0 Å². The Hall–Kier alpha value is -2.87. The van der Waals surface area contributed by atoms with E-state index in [0.29, 0.717) is 0 Å². The number of aromatic nitrogens is 2. The molecular formula is C24H25N2+. The lowest BCUT2D eigenvalue weighted by Gasteiger charge is -2.15. The first-order valence-corrected chi connectivity index (χ1v) is 9.47. The number of rotatable bonds is 6. The Morgan fingerprint density at radius 2 is 1.35 bits per heavy atom. The molecule has 26 heavy (non-hydrogen) atoms. The molecule has 0 amide bonds. The van der Waals surface area contributed by atoms with E-state index in [0.717, 1.165) is 6.54 Å². The van der Waals surface area contributed by atoms with Gasteiger partial charge in [-0.15, -0.1) is 0 Å². The van der Waals surface area contributed by atoms with Crippen LogP contribution in [0.3, 0.4) is 0 Å². The summed E-state index contributed by atoms with van der Waals surface area (Å²) in [5, 5.41) is 0. The lowest BCUT2D eigenvalue weighted by atomic mass is 9.98. The van der Waals surface area contributed by atoms with E-state index in [-0.39, 0.29) is 6.04 Å². The van der Waals surface area contributed by atoms with Gasteiger partial charge in [-0.2, -0.15) is 0 Å². The van der Waals surface area contributed by atoms with E-state index in [4.69, 9.17) is 0 Å². The highest BCUT2D eigenvalue weighted by atomic mass is 15.2. The molecule has 0 saturated heterocycles. The van der Waals surface area contributed by atoms with Crippen LogP contribution in [-0.2, 0) is 6.54 Å². The van der Waals surface area contributed by atoms with Gasteiger partial charge in [0.15, 0.2) is 17.1 Å². The van der Waals surface area contributed by atoms with Crippen LogP contribution in [0.1, 0.15) is 36.9 Å². The minimum atomic E-state index is 0.171. The molecule has 4 aromatic rings. The molecule has 0 atom stereocenters. The lowest BCUT2D eigenvalue weighted by Crippen LogP contribution is -2.32. The molecule has 0 radical (unpaired) electrons. The lowest BCUT2D eigenvalue weighted by molar-refractivity contribution is -0.672. The SMILES string of the molecule is CCCC[n+]1cn(C(c2ccccc2)c2ccccc2)c2ccccc21. The number of nitrogens with zero attached hydrogens (tertiary/aromatic N) is 2. The molecule has 0 aliphatic heterocycles. The fraction of sp³-hybridized carbons (Fsp3) is 0.208. The number of hydrogen-bond acceptors (Lipinski definition) is 0. The Bertz CT molecular complexity index is 931. The van der Waals surface area contributed by atoms with Crippen LogP contribution < -0.4 is 4.57 Å². The van der Waals surface area contributed by atoms with Gasteiger partial charge in [-0.1, -0.05) is 86.1 Å². The number of imidazole rings is 1. The van der Waals surface area contributed by atoms with Crippen LogP contribution in [0, 0.1) is 0 Å². The maximum atomic E-state index is 2.43. The predicted molar refractivity (Wildman–Crippen MR) is 107 cm³/mol. The molecule has 2 nitrogen and oxygen atoms in total. The van der Waals surface area contributed by atoms with Crippen molar-refractivity contribution in [3.8, 4) is 0 Å². The normalized spacial score (nSPS) is 11.3. The highest BCUT2D eigenvalue weighted by molar-refractivity contribution is 5.72. The fourth-order valence-corrected chi connectivity index (χ4v) is 3.70. The largest absolute Gasteiger partial charge is 0.245 e. The van der Waals surface area contributed by atoms with E-state index < -0.39 is 0 Å². The van der Waals surface area contributed by atoms with Gasteiger partial charge >= 0.3 is 0 Å². The number of benzene rings is 3. The number of hydrogen-bond donors (Lipinski definition) is 0. The van der Waals surface area contributed by atoms with Crippen LogP contribution in [0.25, 0.3) is 11.0 Å². The summed E-state index contributed by atoms with van der Waals surface area (Å²) < 4.78 is 4.83. The maximum absolute atomic E-state index is 2.43. The first-order chi connectivity index (χ1) is 12.9. The first-order valence-electron chi connectivity index (χ1n) is 9.47. The molecule has 4 rings (SSSR count). The monoisotopic (exact) mass is 341 g/mol. The van der Waals surface area contributed by atoms with Gasteiger partial charge in [0.05, 0.1) is 6.54 Å². The zero-order valence-electron chi connectivity index (χ0n) is 15.3. The van der Waals surface area contributed by atoms with Crippen molar-refractivity contribution in [2.75, 3.05) is 0 Å². The van der Waals surface area contributed by atoms with Crippen molar-refractivity contribution in [3.63, 3.8) is 0 Å². The number of aryl methyl sites for hydroxylation is 1. The van der Waals surface area contributed by atoms with Crippen molar-refractivity contribution in [1.82, 2.24) is 4.57 Å². The highest BCUT2D eigenvalue weighted by Crippen LogP contribution is 2.29. The predicted octanol–water partition coefficient (Wildman–Crippen LogP) is 5.37. The second kappa shape index (κ2) is 7.57. The second-order valence-electron chi connectivity index (χ2n) is 6.78. The molecule has 0 N–H and O–H groups in total. The Kier molecular flexibility index (Phi) is 4.83. The van der Waals surface area contributed by atoms with E-state index in [1.165, 1.54) is 35.0 Å². The Morgan fingerprint density at radius 3 is 1.96 bits per heavy atom. The minimum absolute atomic E-state index is 0.171. The van der Waals surface area contributed by atoms with E-state index >= 15 is 0 Å². The van der Waals surface area contributed by atoms with Gasteiger partial charge in [-0.3, -0.25) is 0 Å². The molecular weight excluding hydrogens is 316 g/mol. The Labute approximate surface area is 155 Å². The molecule has 0 bridgehead atoms. The van der Waals surface area contributed by atoms with Gasteiger partial charge in [0.1, 0.15) is 0 Å². The molecule has 0 spiro atoms. The van der Waals surface area contributed by atoms with Gasteiger partial charge in [-0.25, -0.2) is 9.13 Å². The van der Waals surface area contributed by atoms with Crippen molar-refractivity contribution in [2.24, 2.45) is 0 Å². The second-order valence-corrected chi connectivity index (χ2v) is 6.78. The summed E-state index contributed by atoms with van der Waals surface area (Å²) >= 11 is 0. The van der Waals surface area contributed by atoms with Gasteiger partial charge in [0, 0.05) is 11.1 Å². The van der Waals surface area contributed by atoms with Crippen molar-refractivity contribution in [2.45, 2.75) is 32.4 Å². The summed E-state index contributed by atoms with van der Waals surface area (Å²) in [6.45, 7) is 3.30. The molecule has 0 aliphatic rings. The maximum Gasteiger partial charge on any atom is 0.245 e. The van der Waals surface area contributed by atoms with Crippen LogP contribution in [-0.4, -0.2) is 4.57 Å². The number of unbranched alkanes of at least 4 members (excludes halogenated alkanes) is 1. The molecule has 0 saturated carbocycles. The standard InChI is InChI=1S/C24H25N2/c1-2-3-18-25-19-26(23-17-11-10-16-22(23)25)24(20-12-6-4-7-13-20)21-14-8-5-9-15-21/h4-17,19,24H,2-3,18H2,1H3/q+1. The van der Waals surface area contributed by atoms with E-state index in [9.17, 15) is 0 Å². The summed E-state index contributed by atoms with van der Waals surface area (Å²) in [4.78, 5) is 0. The molecule has 3 aromatic carbocycles. The summed E-state index contributed by atoms with van der Waals surface area (Å²) in [5.74, 6) is 0. The zero-order chi connectivity index (χ0) is 17.8.